The lowest BCUT2D eigenvalue weighted by Gasteiger charge is -2.11. The summed E-state index contributed by atoms with van der Waals surface area (Å²) >= 11 is 2.97. The molecule has 5 nitrogen and oxygen atoms in total. The normalized spacial score (nSPS) is 11.4. The molecule has 0 radical (unpaired) electrons. The molecule has 0 aliphatic rings. The van der Waals surface area contributed by atoms with Crippen LogP contribution in [0.4, 0.5) is 13.2 Å². The van der Waals surface area contributed by atoms with Crippen molar-refractivity contribution in [2.75, 3.05) is 0 Å². The molecule has 0 saturated heterocycles. The average molecular weight is 353 g/mol. The second-order valence-corrected chi connectivity index (χ2v) is 4.50. The van der Waals surface area contributed by atoms with Crippen LogP contribution in [0.1, 0.15) is 11.8 Å². The van der Waals surface area contributed by atoms with Crippen LogP contribution in [0.2, 0.25) is 0 Å². The highest BCUT2D eigenvalue weighted by Gasteiger charge is 2.32. The molecular formula is C11H8BrF3N2O3. The first-order valence-electron chi connectivity index (χ1n) is 5.30. The van der Waals surface area contributed by atoms with E-state index in [1.54, 1.807) is 6.92 Å². The molecule has 1 aromatic carbocycles. The number of ether oxygens (including phenoxy) is 2. The van der Waals surface area contributed by atoms with Gasteiger partial charge in [-0.2, -0.15) is 0 Å². The quantitative estimate of drug-likeness (QED) is 0.841. The van der Waals surface area contributed by atoms with Crippen LogP contribution in [-0.4, -0.2) is 16.6 Å². The van der Waals surface area contributed by atoms with E-state index >= 15 is 0 Å². The van der Waals surface area contributed by atoms with Crippen LogP contribution in [0.15, 0.2) is 27.1 Å². The van der Waals surface area contributed by atoms with Crippen LogP contribution in [0.3, 0.4) is 0 Å². The number of halogens is 4. The Kier molecular flexibility index (Phi) is 4.17. The fourth-order valence-electron chi connectivity index (χ4n) is 1.32. The maximum atomic E-state index is 12.1. The van der Waals surface area contributed by atoms with Gasteiger partial charge in [0.15, 0.2) is 6.61 Å². The molecular weight excluding hydrogens is 345 g/mol. The van der Waals surface area contributed by atoms with Crippen LogP contribution in [0, 0.1) is 6.92 Å². The van der Waals surface area contributed by atoms with Gasteiger partial charge >= 0.3 is 6.36 Å². The highest BCUT2D eigenvalue weighted by atomic mass is 79.9. The van der Waals surface area contributed by atoms with Gasteiger partial charge in [-0.1, -0.05) is 0 Å². The zero-order valence-corrected chi connectivity index (χ0v) is 11.7. The number of rotatable bonds is 4. The zero-order chi connectivity index (χ0) is 14.8. The van der Waals surface area contributed by atoms with Crippen molar-refractivity contribution in [3.63, 3.8) is 0 Å². The summed E-state index contributed by atoms with van der Waals surface area (Å²) in [4.78, 5) is 0. The van der Waals surface area contributed by atoms with Crippen LogP contribution in [0.25, 0.3) is 0 Å². The second-order valence-electron chi connectivity index (χ2n) is 3.64. The predicted molar refractivity (Wildman–Crippen MR) is 64.2 cm³/mol. The first kappa shape index (κ1) is 14.6. The SMILES string of the molecule is Cc1nnc(COc2ccc(OC(F)(F)F)c(Br)c2)o1. The summed E-state index contributed by atoms with van der Waals surface area (Å²) in [6, 6.07) is 3.84. The van der Waals surface area contributed by atoms with Crippen molar-refractivity contribution >= 4 is 15.9 Å². The molecule has 0 spiro atoms. The van der Waals surface area contributed by atoms with Gasteiger partial charge in [-0.3, -0.25) is 0 Å². The summed E-state index contributed by atoms with van der Waals surface area (Å²) in [7, 11) is 0. The first-order valence-corrected chi connectivity index (χ1v) is 6.10. The van der Waals surface area contributed by atoms with Crippen molar-refractivity contribution in [3.05, 3.63) is 34.5 Å². The van der Waals surface area contributed by atoms with Crippen molar-refractivity contribution in [2.24, 2.45) is 0 Å². The number of aryl methyl sites for hydroxylation is 1. The standard InChI is InChI=1S/C11H8BrF3N2O3/c1-6-16-17-10(19-6)5-18-7-2-3-9(8(12)4-7)20-11(13,14)15/h2-4H,5H2,1H3. The number of aromatic nitrogens is 2. The van der Waals surface area contributed by atoms with Crippen LogP contribution >= 0.6 is 15.9 Å². The Labute approximate surface area is 119 Å². The van der Waals surface area contributed by atoms with E-state index in [0.29, 0.717) is 11.6 Å². The highest BCUT2D eigenvalue weighted by Crippen LogP contribution is 2.33. The van der Waals surface area contributed by atoms with Crippen LogP contribution in [0.5, 0.6) is 11.5 Å². The van der Waals surface area contributed by atoms with Crippen molar-refractivity contribution in [3.8, 4) is 11.5 Å². The van der Waals surface area contributed by atoms with Crippen molar-refractivity contribution in [2.45, 2.75) is 19.9 Å². The summed E-state index contributed by atoms with van der Waals surface area (Å²) in [5.41, 5.74) is 0. The summed E-state index contributed by atoms with van der Waals surface area (Å²) in [5, 5.41) is 7.34. The second kappa shape index (κ2) is 5.70. The number of benzene rings is 1. The lowest BCUT2D eigenvalue weighted by atomic mass is 10.3. The van der Waals surface area contributed by atoms with Crippen molar-refractivity contribution in [1.82, 2.24) is 10.2 Å². The van der Waals surface area contributed by atoms with Gasteiger partial charge in [0.2, 0.25) is 5.89 Å². The third kappa shape index (κ3) is 4.12. The molecule has 0 aliphatic heterocycles. The minimum Gasteiger partial charge on any atom is -0.484 e. The Hall–Kier alpha value is -1.77. The van der Waals surface area contributed by atoms with Gasteiger partial charge in [-0.15, -0.1) is 23.4 Å². The maximum absolute atomic E-state index is 12.1. The van der Waals surface area contributed by atoms with E-state index in [1.807, 2.05) is 0 Å². The molecule has 0 atom stereocenters. The Morgan fingerprint density at radius 3 is 2.60 bits per heavy atom. The van der Waals surface area contributed by atoms with E-state index in [-0.39, 0.29) is 22.7 Å². The molecule has 0 fully saturated rings. The predicted octanol–water partition coefficient (Wildman–Crippen LogP) is 3.62. The first-order chi connectivity index (χ1) is 9.33. The molecule has 20 heavy (non-hydrogen) atoms. The zero-order valence-electron chi connectivity index (χ0n) is 10.1. The number of alkyl halides is 3. The molecule has 0 aliphatic carbocycles. The van der Waals surface area contributed by atoms with E-state index in [0.717, 1.165) is 6.07 Å². The minimum absolute atomic E-state index is 0.0206. The van der Waals surface area contributed by atoms with E-state index < -0.39 is 6.36 Å². The lowest BCUT2D eigenvalue weighted by Crippen LogP contribution is -2.17. The summed E-state index contributed by atoms with van der Waals surface area (Å²) in [6.45, 7) is 1.66. The summed E-state index contributed by atoms with van der Waals surface area (Å²) in [5.74, 6) is 0.661. The fourth-order valence-corrected chi connectivity index (χ4v) is 1.76. The number of hydrogen-bond donors (Lipinski definition) is 0. The molecule has 9 heteroatoms. The van der Waals surface area contributed by atoms with Gasteiger partial charge < -0.3 is 13.9 Å². The Morgan fingerprint density at radius 2 is 2.05 bits per heavy atom. The van der Waals surface area contributed by atoms with Crippen LogP contribution in [-0.2, 0) is 6.61 Å². The van der Waals surface area contributed by atoms with Gasteiger partial charge in [-0.25, -0.2) is 0 Å². The Bertz CT molecular complexity index is 601. The number of nitrogens with zero attached hydrogens (tertiary/aromatic N) is 2. The van der Waals surface area contributed by atoms with E-state index in [4.69, 9.17) is 9.15 Å². The number of hydrogen-bond acceptors (Lipinski definition) is 5. The molecule has 2 aromatic rings. The molecule has 0 saturated carbocycles. The third-order valence-electron chi connectivity index (χ3n) is 2.06. The summed E-state index contributed by atoms with van der Waals surface area (Å²) < 4.78 is 50.6. The minimum atomic E-state index is -4.74. The molecule has 1 heterocycles. The molecule has 2 rings (SSSR count). The van der Waals surface area contributed by atoms with Gasteiger partial charge in [0.05, 0.1) is 4.47 Å². The van der Waals surface area contributed by atoms with E-state index in [1.165, 1.54) is 12.1 Å². The monoisotopic (exact) mass is 352 g/mol. The van der Waals surface area contributed by atoms with Gasteiger partial charge in [-0.05, 0) is 34.1 Å². The highest BCUT2D eigenvalue weighted by molar-refractivity contribution is 9.10. The smallest absolute Gasteiger partial charge is 0.484 e. The molecule has 0 unspecified atom stereocenters. The van der Waals surface area contributed by atoms with Gasteiger partial charge in [0.1, 0.15) is 11.5 Å². The molecule has 0 amide bonds. The van der Waals surface area contributed by atoms with Crippen molar-refractivity contribution < 1.29 is 27.1 Å². The van der Waals surface area contributed by atoms with Crippen LogP contribution < -0.4 is 9.47 Å². The van der Waals surface area contributed by atoms with Crippen molar-refractivity contribution in [1.29, 1.82) is 0 Å². The third-order valence-corrected chi connectivity index (χ3v) is 2.68. The summed E-state index contributed by atoms with van der Waals surface area (Å²) in [6.07, 6.45) is -4.74. The van der Waals surface area contributed by atoms with Gasteiger partial charge in [0.25, 0.3) is 5.89 Å². The van der Waals surface area contributed by atoms with E-state index in [9.17, 15) is 13.2 Å². The lowest BCUT2D eigenvalue weighted by molar-refractivity contribution is -0.274. The Morgan fingerprint density at radius 1 is 1.30 bits per heavy atom. The average Bonchev–Trinajstić information content (AvgIpc) is 2.74. The molecule has 0 bridgehead atoms. The maximum Gasteiger partial charge on any atom is 0.573 e. The fraction of sp³-hybridized carbons (Fsp3) is 0.273. The van der Waals surface area contributed by atoms with Gasteiger partial charge in [0, 0.05) is 6.92 Å². The molecule has 108 valence electrons. The topological polar surface area (TPSA) is 57.4 Å². The van der Waals surface area contributed by atoms with E-state index in [2.05, 4.69) is 30.9 Å². The molecule has 1 aromatic heterocycles. The largest absolute Gasteiger partial charge is 0.573 e. The Balaban J connectivity index is 2.01. The molecule has 0 N–H and O–H groups in total.